The zero-order chi connectivity index (χ0) is 18.0. The van der Waals surface area contributed by atoms with Crippen LogP contribution < -0.4 is 5.56 Å². The smallest absolute Gasteiger partial charge is 0.258 e. The normalized spacial score (nSPS) is 11.6. The van der Waals surface area contributed by atoms with E-state index in [2.05, 4.69) is 15.0 Å². The van der Waals surface area contributed by atoms with Crippen molar-refractivity contribution in [1.29, 1.82) is 0 Å². The van der Waals surface area contributed by atoms with Crippen molar-refractivity contribution in [1.82, 2.24) is 19.9 Å². The van der Waals surface area contributed by atoms with Gasteiger partial charge in [-0.2, -0.15) is 0 Å². The molecule has 0 aliphatic carbocycles. The number of aromatic nitrogens is 3. The third-order valence-corrected chi connectivity index (χ3v) is 4.06. The molecule has 3 rings (SSSR count). The first-order valence-corrected chi connectivity index (χ1v) is 7.95. The number of fused-ring (bicyclic) bond motifs is 1. The molecular weight excluding hydrogens is 326 g/mol. The summed E-state index contributed by atoms with van der Waals surface area (Å²) in [4.78, 5) is 24.7. The summed E-state index contributed by atoms with van der Waals surface area (Å²) < 4.78 is 27.8. The molecule has 7 heteroatoms. The second kappa shape index (κ2) is 7.06. The summed E-state index contributed by atoms with van der Waals surface area (Å²) in [5, 5.41) is 0.508. The van der Waals surface area contributed by atoms with Crippen LogP contribution >= 0.6 is 0 Å². The summed E-state index contributed by atoms with van der Waals surface area (Å²) in [5.74, 6) is -0.927. The molecule has 0 unspecified atom stereocenters. The van der Waals surface area contributed by atoms with Crippen LogP contribution in [0.15, 0.2) is 41.5 Å². The number of H-pyrrole nitrogens is 1. The van der Waals surface area contributed by atoms with E-state index in [9.17, 15) is 13.6 Å². The second-order valence-corrected chi connectivity index (χ2v) is 6.11. The van der Waals surface area contributed by atoms with Gasteiger partial charge in [0.2, 0.25) is 0 Å². The molecule has 0 aliphatic heterocycles. The molecule has 2 aromatic heterocycles. The van der Waals surface area contributed by atoms with Gasteiger partial charge in [0.1, 0.15) is 17.5 Å². The molecule has 130 valence electrons. The van der Waals surface area contributed by atoms with Gasteiger partial charge in [-0.25, -0.2) is 13.8 Å². The third kappa shape index (κ3) is 3.71. The Morgan fingerprint density at radius 2 is 1.80 bits per heavy atom. The van der Waals surface area contributed by atoms with Crippen molar-refractivity contribution in [2.45, 2.75) is 33.0 Å². The standard InChI is InChI=1S/C18H18F2N4O/c1-11(2)24(9-13-14(19)7-21-8-15(13)20)10-17-22-16-6-4-3-5-12(16)18(25)23-17/h3-8,11H,9-10H2,1-2H3,(H,22,23,25). The molecule has 0 bridgehead atoms. The molecule has 0 fully saturated rings. The number of nitrogens with zero attached hydrogens (tertiary/aromatic N) is 3. The number of nitrogens with one attached hydrogen (secondary N) is 1. The van der Waals surface area contributed by atoms with Gasteiger partial charge in [-0.1, -0.05) is 12.1 Å². The Kier molecular flexibility index (Phi) is 4.85. The fourth-order valence-electron chi connectivity index (χ4n) is 2.62. The first kappa shape index (κ1) is 17.2. The van der Waals surface area contributed by atoms with Gasteiger partial charge in [0.15, 0.2) is 0 Å². The zero-order valence-electron chi connectivity index (χ0n) is 14.0. The maximum absolute atomic E-state index is 13.9. The van der Waals surface area contributed by atoms with Crippen LogP contribution in [0, 0.1) is 11.6 Å². The highest BCUT2D eigenvalue weighted by atomic mass is 19.1. The number of para-hydroxylation sites is 1. The molecule has 5 nitrogen and oxygen atoms in total. The van der Waals surface area contributed by atoms with Crippen LogP contribution in [0.1, 0.15) is 25.2 Å². The quantitative estimate of drug-likeness (QED) is 0.773. The lowest BCUT2D eigenvalue weighted by molar-refractivity contribution is 0.193. The SMILES string of the molecule is CC(C)N(Cc1nc2ccccc2c(=O)[nH]1)Cc1c(F)cncc1F. The van der Waals surface area contributed by atoms with E-state index in [0.717, 1.165) is 12.4 Å². The van der Waals surface area contributed by atoms with Crippen LogP contribution in [0.4, 0.5) is 8.78 Å². The predicted octanol–water partition coefficient (Wildman–Crippen LogP) is 3.01. The van der Waals surface area contributed by atoms with E-state index in [1.165, 1.54) is 0 Å². The minimum Gasteiger partial charge on any atom is -0.309 e. The van der Waals surface area contributed by atoms with Crippen LogP contribution in [-0.2, 0) is 13.1 Å². The highest BCUT2D eigenvalue weighted by Gasteiger charge is 2.18. The molecule has 0 aliphatic rings. The van der Waals surface area contributed by atoms with Crippen molar-refractivity contribution in [3.63, 3.8) is 0 Å². The Hall–Kier alpha value is -2.67. The number of halogens is 2. The number of hydrogen-bond donors (Lipinski definition) is 1. The van der Waals surface area contributed by atoms with Crippen LogP contribution in [0.3, 0.4) is 0 Å². The summed E-state index contributed by atoms with van der Waals surface area (Å²) in [6, 6.07) is 7.03. The third-order valence-electron chi connectivity index (χ3n) is 4.06. The first-order valence-electron chi connectivity index (χ1n) is 7.95. The van der Waals surface area contributed by atoms with Gasteiger partial charge in [-0.3, -0.25) is 14.7 Å². The highest BCUT2D eigenvalue weighted by Crippen LogP contribution is 2.17. The van der Waals surface area contributed by atoms with Gasteiger partial charge in [0, 0.05) is 18.2 Å². The van der Waals surface area contributed by atoms with Crippen molar-refractivity contribution in [3.05, 3.63) is 70.0 Å². The highest BCUT2D eigenvalue weighted by molar-refractivity contribution is 5.77. The van der Waals surface area contributed by atoms with Crippen LogP contribution in [0.2, 0.25) is 0 Å². The Morgan fingerprint density at radius 3 is 2.48 bits per heavy atom. The molecule has 0 spiro atoms. The molecular formula is C18H18F2N4O. The molecule has 3 aromatic rings. The molecule has 1 aromatic carbocycles. The maximum atomic E-state index is 13.9. The molecule has 0 radical (unpaired) electrons. The Bertz CT molecular complexity index is 935. The van der Waals surface area contributed by atoms with Crippen LogP contribution in [0.5, 0.6) is 0 Å². The van der Waals surface area contributed by atoms with Gasteiger partial charge in [0.05, 0.1) is 29.8 Å². The zero-order valence-corrected chi connectivity index (χ0v) is 14.0. The lowest BCUT2D eigenvalue weighted by atomic mass is 10.2. The molecule has 0 amide bonds. The summed E-state index contributed by atoms with van der Waals surface area (Å²) in [6.07, 6.45) is 1.99. The largest absolute Gasteiger partial charge is 0.309 e. The van der Waals surface area contributed by atoms with E-state index in [4.69, 9.17) is 0 Å². The lowest BCUT2D eigenvalue weighted by Gasteiger charge is -2.26. The van der Waals surface area contributed by atoms with Crippen molar-refractivity contribution in [3.8, 4) is 0 Å². The van der Waals surface area contributed by atoms with Crippen LogP contribution in [0.25, 0.3) is 10.9 Å². The average molecular weight is 344 g/mol. The second-order valence-electron chi connectivity index (χ2n) is 6.11. The fraction of sp³-hybridized carbons (Fsp3) is 0.278. The predicted molar refractivity (Wildman–Crippen MR) is 90.9 cm³/mol. The summed E-state index contributed by atoms with van der Waals surface area (Å²) in [5.41, 5.74) is 0.309. The molecule has 0 saturated carbocycles. The molecule has 1 N–H and O–H groups in total. The fourth-order valence-corrected chi connectivity index (χ4v) is 2.62. The van der Waals surface area contributed by atoms with E-state index in [0.29, 0.717) is 16.7 Å². The van der Waals surface area contributed by atoms with Gasteiger partial charge in [-0.05, 0) is 26.0 Å². The van der Waals surface area contributed by atoms with Crippen LogP contribution in [-0.4, -0.2) is 25.9 Å². The summed E-state index contributed by atoms with van der Waals surface area (Å²) in [7, 11) is 0. The van der Waals surface area contributed by atoms with Gasteiger partial charge < -0.3 is 4.98 Å². The molecule has 2 heterocycles. The van der Waals surface area contributed by atoms with Crippen molar-refractivity contribution >= 4 is 10.9 Å². The van der Waals surface area contributed by atoms with Gasteiger partial charge in [-0.15, -0.1) is 0 Å². The number of aromatic amines is 1. The Labute approximate surface area is 143 Å². The summed E-state index contributed by atoms with van der Waals surface area (Å²) >= 11 is 0. The van der Waals surface area contributed by atoms with Gasteiger partial charge >= 0.3 is 0 Å². The number of benzene rings is 1. The topological polar surface area (TPSA) is 61.9 Å². The Morgan fingerprint density at radius 1 is 1.12 bits per heavy atom. The minimum absolute atomic E-state index is 0.0104. The summed E-state index contributed by atoms with van der Waals surface area (Å²) in [6.45, 7) is 4.14. The van der Waals surface area contributed by atoms with Gasteiger partial charge in [0.25, 0.3) is 5.56 Å². The van der Waals surface area contributed by atoms with E-state index in [-0.39, 0.29) is 30.3 Å². The Balaban J connectivity index is 1.91. The van der Waals surface area contributed by atoms with Crippen molar-refractivity contribution in [2.75, 3.05) is 0 Å². The van der Waals surface area contributed by atoms with E-state index in [1.54, 1.807) is 24.3 Å². The monoisotopic (exact) mass is 344 g/mol. The van der Waals surface area contributed by atoms with Crippen molar-refractivity contribution in [2.24, 2.45) is 0 Å². The lowest BCUT2D eigenvalue weighted by Crippen LogP contribution is -2.32. The molecule has 0 saturated heterocycles. The molecule has 25 heavy (non-hydrogen) atoms. The number of pyridine rings is 1. The number of hydrogen-bond acceptors (Lipinski definition) is 4. The number of rotatable bonds is 5. The van der Waals surface area contributed by atoms with E-state index in [1.807, 2.05) is 18.7 Å². The molecule has 0 atom stereocenters. The first-order chi connectivity index (χ1) is 12.0. The van der Waals surface area contributed by atoms with E-state index >= 15 is 0 Å². The average Bonchev–Trinajstić information content (AvgIpc) is 2.57. The maximum Gasteiger partial charge on any atom is 0.258 e. The minimum atomic E-state index is -0.689. The van der Waals surface area contributed by atoms with E-state index < -0.39 is 11.6 Å². The van der Waals surface area contributed by atoms with Crippen molar-refractivity contribution < 1.29 is 8.78 Å².